The molecule has 2 aromatic rings. The Morgan fingerprint density at radius 2 is 2.11 bits per heavy atom. The van der Waals surface area contributed by atoms with Crippen LogP contribution in [-0.2, 0) is 6.54 Å². The normalized spacial score (nSPS) is 12.0. The summed E-state index contributed by atoms with van der Waals surface area (Å²) in [5, 5.41) is 13.7. The van der Waals surface area contributed by atoms with Crippen LogP contribution in [-0.4, -0.2) is 22.2 Å². The summed E-state index contributed by atoms with van der Waals surface area (Å²) < 4.78 is 1.05. The van der Waals surface area contributed by atoms with Gasteiger partial charge in [-0.15, -0.1) is 0 Å². The molecule has 0 unspecified atom stereocenters. The minimum Gasteiger partial charge on any atom is -0.394 e. The van der Waals surface area contributed by atoms with Gasteiger partial charge in [0.25, 0.3) is 0 Å². The second-order valence-electron chi connectivity index (χ2n) is 5.00. The number of rotatable bonds is 4. The third-order valence-corrected chi connectivity index (χ3v) is 3.64. The average Bonchev–Trinajstić information content (AvgIpc) is 2.38. The largest absolute Gasteiger partial charge is 0.394 e. The molecule has 1 heterocycles. The first kappa shape index (κ1) is 13.5. The van der Waals surface area contributed by atoms with Gasteiger partial charge in [0.2, 0.25) is 0 Å². The van der Waals surface area contributed by atoms with Crippen LogP contribution in [0.2, 0.25) is 0 Å². The number of fused-ring (bicyclic) bond motifs is 1. The first-order valence-electron chi connectivity index (χ1n) is 5.91. The van der Waals surface area contributed by atoms with Crippen molar-refractivity contribution in [1.82, 2.24) is 10.3 Å². The van der Waals surface area contributed by atoms with Gasteiger partial charge < -0.3 is 10.4 Å². The maximum absolute atomic E-state index is 9.24. The van der Waals surface area contributed by atoms with Crippen LogP contribution in [0.15, 0.2) is 34.9 Å². The highest BCUT2D eigenvalue weighted by atomic mass is 79.9. The molecular formula is C14H17BrN2O. The molecule has 2 rings (SSSR count). The van der Waals surface area contributed by atoms with E-state index in [1.165, 1.54) is 0 Å². The Morgan fingerprint density at radius 1 is 1.33 bits per heavy atom. The van der Waals surface area contributed by atoms with E-state index in [2.05, 4.69) is 32.3 Å². The fourth-order valence-corrected chi connectivity index (χ4v) is 2.18. The van der Waals surface area contributed by atoms with E-state index < -0.39 is 0 Å². The molecule has 4 heteroatoms. The van der Waals surface area contributed by atoms with Crippen molar-refractivity contribution in [2.45, 2.75) is 25.9 Å². The van der Waals surface area contributed by atoms with Crippen molar-refractivity contribution in [2.75, 3.05) is 6.61 Å². The van der Waals surface area contributed by atoms with Gasteiger partial charge in [0.05, 0.1) is 12.1 Å². The van der Waals surface area contributed by atoms with E-state index in [0.29, 0.717) is 6.54 Å². The monoisotopic (exact) mass is 308 g/mol. The number of pyridine rings is 1. The van der Waals surface area contributed by atoms with Crippen molar-refractivity contribution in [1.29, 1.82) is 0 Å². The minimum atomic E-state index is -0.284. The first-order valence-corrected chi connectivity index (χ1v) is 6.71. The summed E-state index contributed by atoms with van der Waals surface area (Å²) in [4.78, 5) is 4.44. The molecule has 0 atom stereocenters. The Bertz CT molecular complexity index is 554. The number of benzene rings is 1. The molecule has 0 radical (unpaired) electrons. The van der Waals surface area contributed by atoms with Gasteiger partial charge in [0.1, 0.15) is 0 Å². The van der Waals surface area contributed by atoms with E-state index in [1.54, 1.807) is 6.20 Å². The predicted octanol–water partition coefficient (Wildman–Crippen LogP) is 2.86. The SMILES string of the molecule is CC(C)(CO)NCc1ccc(Br)c2cccnc12. The molecule has 0 aliphatic rings. The summed E-state index contributed by atoms with van der Waals surface area (Å²) in [7, 11) is 0. The number of nitrogens with zero attached hydrogens (tertiary/aromatic N) is 1. The van der Waals surface area contributed by atoms with Crippen molar-refractivity contribution in [3.8, 4) is 0 Å². The molecule has 0 aliphatic carbocycles. The van der Waals surface area contributed by atoms with Crippen LogP contribution in [0.25, 0.3) is 10.9 Å². The molecule has 3 nitrogen and oxygen atoms in total. The van der Waals surface area contributed by atoms with E-state index in [9.17, 15) is 5.11 Å². The summed E-state index contributed by atoms with van der Waals surface area (Å²) in [5.41, 5.74) is 1.84. The number of hydrogen-bond acceptors (Lipinski definition) is 3. The van der Waals surface area contributed by atoms with Crippen LogP contribution in [0, 0.1) is 0 Å². The van der Waals surface area contributed by atoms with Crippen LogP contribution in [0.1, 0.15) is 19.4 Å². The number of hydrogen-bond donors (Lipinski definition) is 2. The molecule has 96 valence electrons. The fourth-order valence-electron chi connectivity index (χ4n) is 1.73. The highest BCUT2D eigenvalue weighted by molar-refractivity contribution is 9.10. The van der Waals surface area contributed by atoms with Crippen molar-refractivity contribution < 1.29 is 5.11 Å². The maximum Gasteiger partial charge on any atom is 0.0758 e. The van der Waals surface area contributed by atoms with E-state index in [4.69, 9.17) is 0 Å². The zero-order chi connectivity index (χ0) is 13.2. The molecule has 0 saturated heterocycles. The average molecular weight is 309 g/mol. The number of aliphatic hydroxyl groups excluding tert-OH is 1. The second kappa shape index (κ2) is 5.34. The second-order valence-corrected chi connectivity index (χ2v) is 5.86. The minimum absolute atomic E-state index is 0.106. The Morgan fingerprint density at radius 3 is 2.83 bits per heavy atom. The lowest BCUT2D eigenvalue weighted by atomic mass is 10.1. The Hall–Kier alpha value is -0.970. The lowest BCUT2D eigenvalue weighted by Gasteiger charge is -2.23. The number of nitrogens with one attached hydrogen (secondary N) is 1. The number of aromatic nitrogens is 1. The third kappa shape index (κ3) is 2.88. The molecule has 1 aromatic carbocycles. The van der Waals surface area contributed by atoms with Crippen LogP contribution in [0.4, 0.5) is 0 Å². The summed E-state index contributed by atoms with van der Waals surface area (Å²) in [5.74, 6) is 0. The lowest BCUT2D eigenvalue weighted by molar-refractivity contribution is 0.187. The fraction of sp³-hybridized carbons (Fsp3) is 0.357. The zero-order valence-corrected chi connectivity index (χ0v) is 12.2. The Labute approximate surface area is 115 Å². The molecule has 0 saturated carbocycles. The summed E-state index contributed by atoms with van der Waals surface area (Å²) in [6.45, 7) is 4.74. The van der Waals surface area contributed by atoms with E-state index in [0.717, 1.165) is 20.9 Å². The van der Waals surface area contributed by atoms with Crippen LogP contribution in [0.3, 0.4) is 0 Å². The maximum atomic E-state index is 9.24. The van der Waals surface area contributed by atoms with Crippen molar-refractivity contribution in [3.05, 3.63) is 40.5 Å². The third-order valence-electron chi connectivity index (χ3n) is 2.95. The van der Waals surface area contributed by atoms with E-state index in [1.807, 2.05) is 32.0 Å². The molecule has 0 amide bonds. The van der Waals surface area contributed by atoms with Crippen LogP contribution in [0.5, 0.6) is 0 Å². The number of halogens is 1. The first-order chi connectivity index (χ1) is 8.53. The molecule has 0 fully saturated rings. The quantitative estimate of drug-likeness (QED) is 0.913. The van der Waals surface area contributed by atoms with Gasteiger partial charge in [-0.3, -0.25) is 4.98 Å². The molecule has 1 aromatic heterocycles. The molecule has 18 heavy (non-hydrogen) atoms. The summed E-state index contributed by atoms with van der Waals surface area (Å²) in [6, 6.07) is 8.07. The molecule has 0 aliphatic heterocycles. The van der Waals surface area contributed by atoms with E-state index in [-0.39, 0.29) is 12.1 Å². The van der Waals surface area contributed by atoms with E-state index >= 15 is 0 Å². The smallest absolute Gasteiger partial charge is 0.0758 e. The molecule has 0 spiro atoms. The van der Waals surface area contributed by atoms with Crippen LogP contribution < -0.4 is 5.32 Å². The lowest BCUT2D eigenvalue weighted by Crippen LogP contribution is -2.42. The Kier molecular flexibility index (Phi) is 4.00. The topological polar surface area (TPSA) is 45.1 Å². The summed E-state index contributed by atoms with van der Waals surface area (Å²) in [6.07, 6.45) is 1.80. The Balaban J connectivity index is 2.32. The van der Waals surface area contributed by atoms with Crippen molar-refractivity contribution in [2.24, 2.45) is 0 Å². The molecular weight excluding hydrogens is 292 g/mol. The highest BCUT2D eigenvalue weighted by Gasteiger charge is 2.15. The van der Waals surface area contributed by atoms with Gasteiger partial charge >= 0.3 is 0 Å². The van der Waals surface area contributed by atoms with Gasteiger partial charge in [-0.1, -0.05) is 28.1 Å². The van der Waals surface area contributed by atoms with Gasteiger partial charge in [0.15, 0.2) is 0 Å². The standard InChI is InChI=1S/C14H17BrN2O/c1-14(2,9-18)17-8-10-5-6-12(15)11-4-3-7-16-13(10)11/h3-7,17-18H,8-9H2,1-2H3. The molecule has 2 N–H and O–H groups in total. The summed E-state index contributed by atoms with van der Waals surface area (Å²) >= 11 is 3.53. The van der Waals surface area contributed by atoms with Gasteiger partial charge in [-0.05, 0) is 31.5 Å². The highest BCUT2D eigenvalue weighted by Crippen LogP contribution is 2.25. The zero-order valence-electron chi connectivity index (χ0n) is 10.6. The number of aliphatic hydroxyl groups is 1. The van der Waals surface area contributed by atoms with Crippen LogP contribution >= 0.6 is 15.9 Å². The van der Waals surface area contributed by atoms with Gasteiger partial charge in [-0.25, -0.2) is 0 Å². The predicted molar refractivity (Wildman–Crippen MR) is 77.4 cm³/mol. The van der Waals surface area contributed by atoms with Crippen molar-refractivity contribution in [3.63, 3.8) is 0 Å². The molecule has 0 bridgehead atoms. The van der Waals surface area contributed by atoms with Crippen molar-refractivity contribution >= 4 is 26.8 Å². The van der Waals surface area contributed by atoms with Gasteiger partial charge in [0, 0.05) is 28.1 Å². The van der Waals surface area contributed by atoms with Gasteiger partial charge in [-0.2, -0.15) is 0 Å².